The van der Waals surface area contributed by atoms with Crippen LogP contribution in [0.1, 0.15) is 54.6 Å². The number of benzene rings is 2. The third-order valence-electron chi connectivity index (χ3n) is 6.69. The molecular formula is C30H39Cl2N5O5. The number of halogens is 2. The first-order valence-corrected chi connectivity index (χ1v) is 14.0. The Morgan fingerprint density at radius 1 is 1.07 bits per heavy atom. The summed E-state index contributed by atoms with van der Waals surface area (Å²) in [6, 6.07) is 13.6. The molecule has 1 heterocycles. The van der Waals surface area contributed by atoms with Crippen LogP contribution in [0.25, 0.3) is 22.5 Å². The molecule has 12 heteroatoms. The summed E-state index contributed by atoms with van der Waals surface area (Å²) in [5.41, 5.74) is 10.3. The molecule has 0 atom stereocenters. The van der Waals surface area contributed by atoms with Crippen LogP contribution in [0, 0.1) is 6.92 Å². The maximum Gasteiger partial charge on any atom is 0.503 e. The van der Waals surface area contributed by atoms with Gasteiger partial charge in [-0.25, -0.2) is 14.8 Å². The highest BCUT2D eigenvalue weighted by molar-refractivity contribution is 6.32. The Morgan fingerprint density at radius 2 is 1.74 bits per heavy atom. The number of aryl methyl sites for hydroxylation is 1. The highest BCUT2D eigenvalue weighted by Gasteiger charge is 2.24. The first-order valence-electron chi connectivity index (χ1n) is 13.6. The van der Waals surface area contributed by atoms with Gasteiger partial charge in [-0.3, -0.25) is 4.79 Å². The molecule has 1 amide bonds. The van der Waals surface area contributed by atoms with Crippen LogP contribution < -0.4 is 15.8 Å². The molecule has 0 aliphatic heterocycles. The summed E-state index contributed by atoms with van der Waals surface area (Å²) in [5, 5.41) is 17.6. The van der Waals surface area contributed by atoms with E-state index < -0.39 is 6.16 Å². The van der Waals surface area contributed by atoms with Crippen molar-refractivity contribution in [1.82, 2.24) is 20.2 Å². The zero-order valence-corrected chi connectivity index (χ0v) is 25.7. The van der Waals surface area contributed by atoms with Gasteiger partial charge < -0.3 is 30.9 Å². The van der Waals surface area contributed by atoms with Crippen molar-refractivity contribution in [3.05, 3.63) is 58.7 Å². The molecule has 0 radical (unpaired) electrons. The van der Waals surface area contributed by atoms with Crippen LogP contribution in [-0.4, -0.2) is 70.4 Å². The van der Waals surface area contributed by atoms with E-state index in [0.717, 1.165) is 55.3 Å². The minimum atomic E-state index is -1.83. The van der Waals surface area contributed by atoms with Gasteiger partial charge in [-0.2, -0.15) is 0 Å². The number of carbonyl (C=O) groups is 2. The molecule has 42 heavy (non-hydrogen) atoms. The van der Waals surface area contributed by atoms with Gasteiger partial charge in [0.25, 0.3) is 5.91 Å². The maximum atomic E-state index is 13.2. The lowest BCUT2D eigenvalue weighted by molar-refractivity contribution is 0.0923. The van der Waals surface area contributed by atoms with Crippen molar-refractivity contribution in [1.29, 1.82) is 0 Å². The molecule has 4 rings (SSSR count). The SMILES string of the molecule is Cc1ccccc1-c1nc(N)c(C(=O)NC2CCCCC2)nc1-c1ccc(Cl)c(OCCCN(C)C)c1.Cl.O=C(O)O. The predicted molar refractivity (Wildman–Crippen MR) is 168 cm³/mol. The number of carboxylic acid groups (broad SMARTS) is 2. The Balaban J connectivity index is 0.00000116. The van der Waals surface area contributed by atoms with E-state index in [1.165, 1.54) is 6.42 Å². The summed E-state index contributed by atoms with van der Waals surface area (Å²) < 4.78 is 6.01. The number of hydrogen-bond acceptors (Lipinski definition) is 7. The van der Waals surface area contributed by atoms with Crippen LogP contribution in [-0.2, 0) is 0 Å². The van der Waals surface area contributed by atoms with Crippen molar-refractivity contribution in [3.63, 3.8) is 0 Å². The number of nitrogens with one attached hydrogen (secondary N) is 1. The predicted octanol–water partition coefficient (Wildman–Crippen LogP) is 6.39. The van der Waals surface area contributed by atoms with Crippen molar-refractivity contribution in [2.75, 3.05) is 33.0 Å². The molecule has 0 spiro atoms. The molecule has 1 fully saturated rings. The van der Waals surface area contributed by atoms with Gasteiger partial charge in [0.15, 0.2) is 11.5 Å². The lowest BCUT2D eigenvalue weighted by Gasteiger charge is -2.23. The average Bonchev–Trinajstić information content (AvgIpc) is 2.92. The van der Waals surface area contributed by atoms with Crippen LogP contribution in [0.3, 0.4) is 0 Å². The van der Waals surface area contributed by atoms with Gasteiger partial charge in [0, 0.05) is 23.7 Å². The van der Waals surface area contributed by atoms with Crippen LogP contribution in [0.5, 0.6) is 5.75 Å². The fraction of sp³-hybridized carbons (Fsp3) is 0.400. The fourth-order valence-corrected chi connectivity index (χ4v) is 4.84. The summed E-state index contributed by atoms with van der Waals surface area (Å²) >= 11 is 6.47. The average molecular weight is 621 g/mol. The summed E-state index contributed by atoms with van der Waals surface area (Å²) in [4.78, 5) is 33.4. The Hall–Kier alpha value is -3.60. The highest BCUT2D eigenvalue weighted by atomic mass is 35.5. The molecule has 10 nitrogen and oxygen atoms in total. The second-order valence-electron chi connectivity index (χ2n) is 10.2. The molecule has 2 aromatic carbocycles. The Kier molecular flexibility index (Phi) is 13.8. The van der Waals surface area contributed by atoms with Crippen molar-refractivity contribution in [2.45, 2.75) is 51.5 Å². The van der Waals surface area contributed by atoms with E-state index in [2.05, 4.69) is 10.2 Å². The molecule has 1 saturated carbocycles. The normalized spacial score (nSPS) is 13.0. The van der Waals surface area contributed by atoms with Gasteiger partial charge in [-0.15, -0.1) is 12.4 Å². The summed E-state index contributed by atoms with van der Waals surface area (Å²) in [5.74, 6) is 0.397. The van der Waals surface area contributed by atoms with Crippen LogP contribution in [0.15, 0.2) is 42.5 Å². The number of ether oxygens (including phenoxy) is 1. The quantitative estimate of drug-likeness (QED) is 0.200. The van der Waals surface area contributed by atoms with Crippen molar-refractivity contribution < 1.29 is 24.5 Å². The van der Waals surface area contributed by atoms with Gasteiger partial charge in [-0.1, -0.05) is 61.2 Å². The van der Waals surface area contributed by atoms with Crippen molar-refractivity contribution >= 4 is 41.9 Å². The highest BCUT2D eigenvalue weighted by Crippen LogP contribution is 2.36. The minimum Gasteiger partial charge on any atom is -0.492 e. The van der Waals surface area contributed by atoms with Crippen LogP contribution in [0.4, 0.5) is 10.6 Å². The maximum absolute atomic E-state index is 13.2. The number of nitrogen functional groups attached to an aromatic ring is 1. The Bertz CT molecular complexity index is 1350. The lowest BCUT2D eigenvalue weighted by Crippen LogP contribution is -2.37. The van der Waals surface area contributed by atoms with E-state index in [1.54, 1.807) is 6.07 Å². The smallest absolute Gasteiger partial charge is 0.492 e. The molecule has 0 bridgehead atoms. The van der Waals surface area contributed by atoms with Gasteiger partial charge in [0.1, 0.15) is 5.75 Å². The molecular weight excluding hydrogens is 581 g/mol. The first kappa shape index (κ1) is 34.6. The van der Waals surface area contributed by atoms with E-state index >= 15 is 0 Å². The number of carbonyl (C=O) groups excluding carboxylic acids is 1. The number of amides is 1. The van der Waals surface area contributed by atoms with Crippen LogP contribution >= 0.6 is 24.0 Å². The standard InChI is InChI=1S/C29H36ClN5O2.CH2O3.ClH/c1-19-10-7-8-13-22(19)26-25(20-14-15-23(30)24(18-20)37-17-9-16-35(2)3)33-27(28(31)34-26)29(36)32-21-11-5-4-6-12-21;2-1(3)4;/h7-8,10,13-15,18,21H,4-6,9,11-12,16-17H2,1-3H3,(H2,31,34)(H,32,36);(H2,2,3,4);1H. The number of aromatic nitrogens is 2. The lowest BCUT2D eigenvalue weighted by atomic mass is 9.95. The fourth-order valence-electron chi connectivity index (χ4n) is 4.67. The third kappa shape index (κ3) is 10.0. The van der Waals surface area contributed by atoms with Gasteiger partial charge >= 0.3 is 6.16 Å². The van der Waals surface area contributed by atoms with Gasteiger partial charge in [-0.05, 0) is 58.0 Å². The van der Waals surface area contributed by atoms with E-state index in [-0.39, 0.29) is 35.9 Å². The molecule has 0 unspecified atom stereocenters. The monoisotopic (exact) mass is 619 g/mol. The molecule has 228 valence electrons. The van der Waals surface area contributed by atoms with Gasteiger partial charge in [0.2, 0.25) is 0 Å². The number of rotatable bonds is 9. The second kappa shape index (κ2) is 16.7. The zero-order valence-electron chi connectivity index (χ0n) is 24.1. The van der Waals surface area contributed by atoms with E-state index in [0.29, 0.717) is 28.8 Å². The second-order valence-corrected chi connectivity index (χ2v) is 10.6. The number of anilines is 1. The zero-order chi connectivity index (χ0) is 29.9. The molecule has 1 aliphatic rings. The summed E-state index contributed by atoms with van der Waals surface area (Å²) in [7, 11) is 4.06. The largest absolute Gasteiger partial charge is 0.503 e. The Morgan fingerprint density at radius 3 is 2.38 bits per heavy atom. The number of nitrogens with two attached hydrogens (primary N) is 1. The number of nitrogens with zero attached hydrogens (tertiary/aromatic N) is 3. The minimum absolute atomic E-state index is 0. The molecule has 5 N–H and O–H groups in total. The van der Waals surface area contributed by atoms with Crippen molar-refractivity contribution in [2.24, 2.45) is 0 Å². The molecule has 0 saturated heterocycles. The topological polar surface area (TPSA) is 151 Å². The van der Waals surface area contributed by atoms with Crippen molar-refractivity contribution in [3.8, 4) is 28.3 Å². The first-order chi connectivity index (χ1) is 19.6. The van der Waals surface area contributed by atoms with E-state index in [1.807, 2.05) is 57.4 Å². The van der Waals surface area contributed by atoms with Crippen LogP contribution in [0.2, 0.25) is 5.02 Å². The summed E-state index contributed by atoms with van der Waals surface area (Å²) in [6.45, 7) is 3.47. The molecule has 3 aromatic rings. The molecule has 1 aromatic heterocycles. The molecule has 1 aliphatic carbocycles. The Labute approximate surface area is 257 Å². The number of hydrogen-bond donors (Lipinski definition) is 4. The summed E-state index contributed by atoms with van der Waals surface area (Å²) in [6.07, 6.45) is 4.42. The van der Waals surface area contributed by atoms with E-state index in [9.17, 15) is 4.79 Å². The third-order valence-corrected chi connectivity index (χ3v) is 7.00. The van der Waals surface area contributed by atoms with E-state index in [4.69, 9.17) is 47.0 Å². The van der Waals surface area contributed by atoms with Gasteiger partial charge in [0.05, 0.1) is 23.0 Å².